The maximum atomic E-state index is 4.41. The first-order valence-corrected chi connectivity index (χ1v) is 7.43. The Morgan fingerprint density at radius 3 is 2.76 bits per heavy atom. The molecule has 1 saturated heterocycles. The lowest BCUT2D eigenvalue weighted by molar-refractivity contribution is 0.366. The van der Waals surface area contributed by atoms with Crippen LogP contribution in [0.1, 0.15) is 27.2 Å². The topological polar surface area (TPSA) is 45.5 Å². The van der Waals surface area contributed by atoms with Crippen molar-refractivity contribution in [3.63, 3.8) is 0 Å². The summed E-state index contributed by atoms with van der Waals surface area (Å²) in [6, 6.07) is 1.96. The summed E-state index contributed by atoms with van der Waals surface area (Å²) in [5, 5.41) is 7.74. The Morgan fingerprint density at radius 2 is 2.24 bits per heavy atom. The molecule has 1 atom stereocenters. The minimum Gasteiger partial charge on any atom is -0.356 e. The number of hydrogen-bond donors (Lipinski definition) is 1. The van der Waals surface area contributed by atoms with Crippen LogP contribution in [0.3, 0.4) is 0 Å². The lowest BCUT2D eigenvalue weighted by Crippen LogP contribution is -2.42. The Morgan fingerprint density at radius 1 is 1.48 bits per heavy atom. The molecule has 0 aromatic carbocycles. The standard InChI is InChI=1S/C15H27N5.HI/c1-13(11-20-8-5-7-18-20)10-17-14(16-4)19-9-6-15(2,3)12-19;/h5,7-8,13H,6,9-12H2,1-4H3,(H,16,17);1H. The molecule has 1 unspecified atom stereocenters. The second-order valence-electron chi connectivity index (χ2n) is 6.60. The third kappa shape index (κ3) is 5.48. The van der Waals surface area contributed by atoms with Crippen molar-refractivity contribution in [3.8, 4) is 0 Å². The van der Waals surface area contributed by atoms with Crippen LogP contribution in [0.5, 0.6) is 0 Å². The summed E-state index contributed by atoms with van der Waals surface area (Å²) in [4.78, 5) is 6.78. The van der Waals surface area contributed by atoms with Crippen molar-refractivity contribution < 1.29 is 0 Å². The van der Waals surface area contributed by atoms with Crippen molar-refractivity contribution in [2.75, 3.05) is 26.7 Å². The number of halogens is 1. The van der Waals surface area contributed by atoms with Gasteiger partial charge >= 0.3 is 0 Å². The van der Waals surface area contributed by atoms with Crippen LogP contribution in [0.4, 0.5) is 0 Å². The molecule has 1 fully saturated rings. The van der Waals surface area contributed by atoms with E-state index in [4.69, 9.17) is 0 Å². The fourth-order valence-corrected chi connectivity index (χ4v) is 2.68. The number of hydrogen-bond acceptors (Lipinski definition) is 2. The highest BCUT2D eigenvalue weighted by Gasteiger charge is 2.30. The molecular formula is C15H28IN5. The molecule has 6 heteroatoms. The van der Waals surface area contributed by atoms with E-state index in [1.807, 2.05) is 30.2 Å². The second-order valence-corrected chi connectivity index (χ2v) is 6.60. The van der Waals surface area contributed by atoms with Crippen molar-refractivity contribution in [1.82, 2.24) is 20.0 Å². The van der Waals surface area contributed by atoms with E-state index in [2.05, 4.69) is 41.1 Å². The van der Waals surface area contributed by atoms with Gasteiger partial charge in [0.15, 0.2) is 5.96 Å². The summed E-state index contributed by atoms with van der Waals surface area (Å²) >= 11 is 0. The average molecular weight is 405 g/mol. The van der Waals surface area contributed by atoms with Crippen LogP contribution in [-0.4, -0.2) is 47.3 Å². The molecule has 0 saturated carbocycles. The third-order valence-electron chi connectivity index (χ3n) is 3.86. The van der Waals surface area contributed by atoms with Crippen LogP contribution in [0.15, 0.2) is 23.5 Å². The van der Waals surface area contributed by atoms with Gasteiger partial charge in [-0.2, -0.15) is 5.10 Å². The molecule has 0 bridgehead atoms. The molecule has 21 heavy (non-hydrogen) atoms. The molecule has 120 valence electrons. The quantitative estimate of drug-likeness (QED) is 0.476. The highest BCUT2D eigenvalue weighted by Crippen LogP contribution is 2.28. The van der Waals surface area contributed by atoms with Gasteiger partial charge in [0.1, 0.15) is 0 Å². The zero-order valence-corrected chi connectivity index (χ0v) is 15.9. The Balaban J connectivity index is 0.00000220. The average Bonchev–Trinajstić information content (AvgIpc) is 3.00. The molecular weight excluding hydrogens is 377 g/mol. The Hall–Kier alpha value is -0.790. The number of aliphatic imine (C=N–C) groups is 1. The van der Waals surface area contributed by atoms with Gasteiger partial charge in [0.05, 0.1) is 0 Å². The van der Waals surface area contributed by atoms with E-state index in [1.165, 1.54) is 6.42 Å². The summed E-state index contributed by atoms with van der Waals surface area (Å²) in [5.41, 5.74) is 0.401. The molecule has 2 heterocycles. The lowest BCUT2D eigenvalue weighted by Gasteiger charge is -2.24. The SMILES string of the molecule is CN=C(NCC(C)Cn1cccn1)N1CCC(C)(C)C1.I. The highest BCUT2D eigenvalue weighted by molar-refractivity contribution is 14.0. The van der Waals surface area contributed by atoms with Crippen LogP contribution in [0.2, 0.25) is 0 Å². The van der Waals surface area contributed by atoms with Gasteiger partial charge in [0.25, 0.3) is 0 Å². The molecule has 1 aromatic rings. The number of nitrogens with zero attached hydrogens (tertiary/aromatic N) is 4. The van der Waals surface area contributed by atoms with Crippen LogP contribution in [-0.2, 0) is 6.54 Å². The molecule has 0 amide bonds. The van der Waals surface area contributed by atoms with Crippen LogP contribution < -0.4 is 5.32 Å². The van der Waals surface area contributed by atoms with Gasteiger partial charge in [0, 0.05) is 45.6 Å². The number of guanidine groups is 1. The van der Waals surface area contributed by atoms with Gasteiger partial charge in [-0.1, -0.05) is 20.8 Å². The van der Waals surface area contributed by atoms with Gasteiger partial charge in [-0.05, 0) is 23.8 Å². The van der Waals surface area contributed by atoms with Crippen LogP contribution in [0.25, 0.3) is 0 Å². The minimum atomic E-state index is 0. The number of likely N-dealkylation sites (tertiary alicyclic amines) is 1. The summed E-state index contributed by atoms with van der Waals surface area (Å²) in [6.07, 6.45) is 5.07. The molecule has 0 radical (unpaired) electrons. The number of nitrogens with one attached hydrogen (secondary N) is 1. The van der Waals surface area contributed by atoms with Gasteiger partial charge < -0.3 is 10.2 Å². The summed E-state index contributed by atoms with van der Waals surface area (Å²) < 4.78 is 1.98. The van der Waals surface area contributed by atoms with E-state index < -0.39 is 0 Å². The molecule has 1 aliphatic heterocycles. The van der Waals surface area contributed by atoms with Crippen molar-refractivity contribution >= 4 is 29.9 Å². The first-order valence-electron chi connectivity index (χ1n) is 7.43. The van der Waals surface area contributed by atoms with E-state index in [-0.39, 0.29) is 24.0 Å². The summed E-state index contributed by atoms with van der Waals surface area (Å²) in [7, 11) is 1.87. The van der Waals surface area contributed by atoms with Crippen LogP contribution in [0, 0.1) is 11.3 Å². The van der Waals surface area contributed by atoms with E-state index in [9.17, 15) is 0 Å². The Bertz CT molecular complexity index is 441. The lowest BCUT2D eigenvalue weighted by atomic mass is 9.93. The molecule has 0 aliphatic carbocycles. The summed E-state index contributed by atoms with van der Waals surface area (Å²) in [5.74, 6) is 1.55. The molecule has 0 spiro atoms. The van der Waals surface area contributed by atoms with Crippen LogP contribution >= 0.6 is 24.0 Å². The molecule has 1 aromatic heterocycles. The predicted molar refractivity (Wildman–Crippen MR) is 98.1 cm³/mol. The molecule has 1 aliphatic rings. The fourth-order valence-electron chi connectivity index (χ4n) is 2.68. The Labute approximate surface area is 145 Å². The molecule has 5 nitrogen and oxygen atoms in total. The highest BCUT2D eigenvalue weighted by atomic mass is 127. The first-order chi connectivity index (χ1) is 9.50. The first kappa shape index (κ1) is 18.3. The fraction of sp³-hybridized carbons (Fsp3) is 0.733. The smallest absolute Gasteiger partial charge is 0.193 e. The second kappa shape index (κ2) is 8.00. The maximum Gasteiger partial charge on any atom is 0.193 e. The summed E-state index contributed by atoms with van der Waals surface area (Å²) in [6.45, 7) is 10.9. The van der Waals surface area contributed by atoms with Crippen molar-refractivity contribution in [2.45, 2.75) is 33.7 Å². The minimum absolute atomic E-state index is 0. The molecule has 2 rings (SSSR count). The number of aromatic nitrogens is 2. The van der Waals surface area contributed by atoms with Gasteiger partial charge in [-0.15, -0.1) is 24.0 Å². The zero-order chi connectivity index (χ0) is 14.6. The third-order valence-corrected chi connectivity index (χ3v) is 3.86. The van der Waals surface area contributed by atoms with Gasteiger partial charge in [0.2, 0.25) is 0 Å². The normalized spacial score (nSPS) is 19.2. The van der Waals surface area contributed by atoms with Gasteiger partial charge in [-0.25, -0.2) is 0 Å². The maximum absolute atomic E-state index is 4.41. The van der Waals surface area contributed by atoms with Crippen molar-refractivity contribution in [1.29, 1.82) is 0 Å². The van der Waals surface area contributed by atoms with Crippen molar-refractivity contribution in [2.24, 2.45) is 16.3 Å². The largest absolute Gasteiger partial charge is 0.356 e. The van der Waals surface area contributed by atoms with Crippen molar-refractivity contribution in [3.05, 3.63) is 18.5 Å². The number of rotatable bonds is 4. The van der Waals surface area contributed by atoms with E-state index in [1.54, 1.807) is 0 Å². The predicted octanol–water partition coefficient (Wildman–Crippen LogP) is 2.44. The zero-order valence-electron chi connectivity index (χ0n) is 13.5. The van der Waals surface area contributed by atoms with E-state index >= 15 is 0 Å². The van der Waals surface area contributed by atoms with Gasteiger partial charge in [-0.3, -0.25) is 9.67 Å². The van der Waals surface area contributed by atoms with E-state index in [0.717, 1.165) is 32.1 Å². The van der Waals surface area contributed by atoms with E-state index in [0.29, 0.717) is 11.3 Å². The Kier molecular flexibility index (Phi) is 6.96. The molecule has 1 N–H and O–H groups in total. The monoisotopic (exact) mass is 405 g/mol.